The van der Waals surface area contributed by atoms with Crippen LogP contribution in [0, 0.1) is 0 Å². The lowest BCUT2D eigenvalue weighted by Crippen LogP contribution is -2.35. The summed E-state index contributed by atoms with van der Waals surface area (Å²) < 4.78 is 10.5. The molecular weight excluding hydrogens is 248 g/mol. The second kappa shape index (κ2) is 5.20. The van der Waals surface area contributed by atoms with Gasteiger partial charge in [0.25, 0.3) is 0 Å². The van der Waals surface area contributed by atoms with Crippen LogP contribution in [0.1, 0.15) is 0 Å². The second-order valence-corrected chi connectivity index (χ2v) is 4.21. The van der Waals surface area contributed by atoms with Crippen molar-refractivity contribution >= 4 is 11.6 Å². The largest absolute Gasteiger partial charge is 0.462 e. The Hall–Kier alpha value is -0.850. The van der Waals surface area contributed by atoms with Gasteiger partial charge >= 0.3 is 0 Å². The fraction of sp³-hybridized carbons (Fsp3) is 0.455. The van der Waals surface area contributed by atoms with Crippen LogP contribution in [0.4, 0.5) is 0 Å². The van der Waals surface area contributed by atoms with Crippen molar-refractivity contribution in [1.29, 1.82) is 0 Å². The zero-order valence-electron chi connectivity index (χ0n) is 8.86. The predicted molar refractivity (Wildman–Crippen MR) is 59.8 cm³/mol. The Bertz CT molecular complexity index is 369. The van der Waals surface area contributed by atoms with E-state index in [9.17, 15) is 10.2 Å². The highest BCUT2D eigenvalue weighted by Gasteiger charge is 2.43. The SMILES string of the molecule is OC[C@H]1O[C@@H](Oc2ccc(Cl)cc2)[C@H](O)[C@H]1O. The molecule has 0 saturated carbocycles. The Labute approximate surface area is 103 Å². The molecule has 1 aromatic rings. The summed E-state index contributed by atoms with van der Waals surface area (Å²) in [5.74, 6) is 0.462. The van der Waals surface area contributed by atoms with Crippen molar-refractivity contribution in [2.24, 2.45) is 0 Å². The van der Waals surface area contributed by atoms with Gasteiger partial charge in [0.15, 0.2) is 0 Å². The van der Waals surface area contributed by atoms with Crippen molar-refractivity contribution in [2.75, 3.05) is 6.61 Å². The van der Waals surface area contributed by atoms with Crippen LogP contribution >= 0.6 is 11.6 Å². The number of benzene rings is 1. The molecule has 94 valence electrons. The molecule has 0 radical (unpaired) electrons. The quantitative estimate of drug-likeness (QED) is 0.721. The van der Waals surface area contributed by atoms with Gasteiger partial charge in [-0.25, -0.2) is 0 Å². The molecular formula is C11H13ClO5. The summed E-state index contributed by atoms with van der Waals surface area (Å²) in [6.45, 7) is -0.376. The van der Waals surface area contributed by atoms with Crippen LogP contribution in [0.2, 0.25) is 5.02 Å². The molecule has 1 aliphatic heterocycles. The lowest BCUT2D eigenvalue weighted by molar-refractivity contribution is -0.116. The molecule has 1 aliphatic rings. The average molecular weight is 261 g/mol. The van der Waals surface area contributed by atoms with Gasteiger partial charge < -0.3 is 24.8 Å². The first-order valence-electron chi connectivity index (χ1n) is 5.16. The Kier molecular flexibility index (Phi) is 3.86. The molecule has 0 amide bonds. The topological polar surface area (TPSA) is 79.2 Å². The standard InChI is InChI=1S/C11H13ClO5/c12-6-1-3-7(4-2-6)16-11-10(15)9(14)8(5-13)17-11/h1-4,8-11,13-15H,5H2/t8-,9+,10-,11-/m1/s1. The molecule has 1 aromatic carbocycles. The molecule has 1 heterocycles. The highest BCUT2D eigenvalue weighted by atomic mass is 35.5. The van der Waals surface area contributed by atoms with E-state index < -0.39 is 24.6 Å². The van der Waals surface area contributed by atoms with E-state index in [4.69, 9.17) is 26.2 Å². The van der Waals surface area contributed by atoms with Crippen molar-refractivity contribution in [3.05, 3.63) is 29.3 Å². The minimum absolute atomic E-state index is 0.376. The van der Waals surface area contributed by atoms with Gasteiger partial charge in [0.05, 0.1) is 6.61 Å². The van der Waals surface area contributed by atoms with E-state index in [-0.39, 0.29) is 6.61 Å². The van der Waals surface area contributed by atoms with Gasteiger partial charge in [-0.15, -0.1) is 0 Å². The molecule has 4 atom stereocenters. The molecule has 1 saturated heterocycles. The Morgan fingerprint density at radius 3 is 2.35 bits per heavy atom. The maximum atomic E-state index is 9.64. The molecule has 0 aromatic heterocycles. The monoisotopic (exact) mass is 260 g/mol. The molecule has 3 N–H and O–H groups in total. The van der Waals surface area contributed by atoms with Gasteiger partial charge in [-0.1, -0.05) is 11.6 Å². The van der Waals surface area contributed by atoms with Crippen LogP contribution in [-0.4, -0.2) is 46.5 Å². The third-order valence-corrected chi connectivity index (χ3v) is 2.82. The van der Waals surface area contributed by atoms with E-state index in [1.165, 1.54) is 0 Å². The summed E-state index contributed by atoms with van der Waals surface area (Å²) in [5, 5.41) is 28.6. The highest BCUT2D eigenvalue weighted by Crippen LogP contribution is 2.25. The molecule has 0 bridgehead atoms. The number of hydrogen-bond donors (Lipinski definition) is 3. The predicted octanol–water partition coefficient (Wildman–Crippen LogP) is 0.158. The van der Waals surface area contributed by atoms with Crippen LogP contribution in [-0.2, 0) is 4.74 Å². The van der Waals surface area contributed by atoms with Gasteiger partial charge in [0.1, 0.15) is 24.1 Å². The minimum Gasteiger partial charge on any atom is -0.462 e. The number of aliphatic hydroxyl groups is 3. The van der Waals surface area contributed by atoms with Gasteiger partial charge in [0, 0.05) is 5.02 Å². The third kappa shape index (κ3) is 2.70. The molecule has 5 nitrogen and oxygen atoms in total. The van der Waals surface area contributed by atoms with Crippen molar-refractivity contribution in [1.82, 2.24) is 0 Å². The Balaban J connectivity index is 2.02. The van der Waals surface area contributed by atoms with Crippen molar-refractivity contribution in [3.63, 3.8) is 0 Å². The first-order chi connectivity index (χ1) is 8.11. The first kappa shape index (κ1) is 12.6. The summed E-state index contributed by atoms with van der Waals surface area (Å²) in [5.41, 5.74) is 0. The van der Waals surface area contributed by atoms with Crippen molar-refractivity contribution in [2.45, 2.75) is 24.6 Å². The molecule has 0 aliphatic carbocycles. The summed E-state index contributed by atoms with van der Waals surface area (Å²) in [7, 11) is 0. The number of ether oxygens (including phenoxy) is 2. The van der Waals surface area contributed by atoms with Crippen LogP contribution in [0.25, 0.3) is 0 Å². The summed E-state index contributed by atoms with van der Waals surface area (Å²) in [6.07, 6.45) is -4.18. The molecule has 2 rings (SSSR count). The van der Waals surface area contributed by atoms with E-state index in [2.05, 4.69) is 0 Å². The Morgan fingerprint density at radius 1 is 1.18 bits per heavy atom. The number of aliphatic hydroxyl groups excluding tert-OH is 3. The van der Waals surface area contributed by atoms with Crippen LogP contribution in [0.3, 0.4) is 0 Å². The maximum absolute atomic E-state index is 9.64. The summed E-state index contributed by atoms with van der Waals surface area (Å²) in [4.78, 5) is 0. The molecule has 17 heavy (non-hydrogen) atoms. The third-order valence-electron chi connectivity index (χ3n) is 2.56. The van der Waals surface area contributed by atoms with Gasteiger partial charge in [0.2, 0.25) is 6.29 Å². The fourth-order valence-electron chi connectivity index (χ4n) is 1.61. The zero-order chi connectivity index (χ0) is 12.4. The van der Waals surface area contributed by atoms with Gasteiger partial charge in [-0.2, -0.15) is 0 Å². The van der Waals surface area contributed by atoms with E-state index in [0.717, 1.165) is 0 Å². The van der Waals surface area contributed by atoms with E-state index in [1.807, 2.05) is 0 Å². The van der Waals surface area contributed by atoms with Crippen LogP contribution < -0.4 is 4.74 Å². The fourth-order valence-corrected chi connectivity index (χ4v) is 1.74. The lowest BCUT2D eigenvalue weighted by atomic mass is 10.1. The highest BCUT2D eigenvalue weighted by molar-refractivity contribution is 6.30. The molecule has 6 heteroatoms. The van der Waals surface area contributed by atoms with E-state index in [0.29, 0.717) is 10.8 Å². The summed E-state index contributed by atoms with van der Waals surface area (Å²) in [6, 6.07) is 6.52. The minimum atomic E-state index is -1.19. The maximum Gasteiger partial charge on any atom is 0.229 e. The first-order valence-corrected chi connectivity index (χ1v) is 5.54. The van der Waals surface area contributed by atoms with Crippen molar-refractivity contribution in [3.8, 4) is 5.75 Å². The molecule has 1 fully saturated rings. The Morgan fingerprint density at radius 2 is 1.82 bits per heavy atom. The van der Waals surface area contributed by atoms with Gasteiger partial charge in [-0.05, 0) is 24.3 Å². The van der Waals surface area contributed by atoms with E-state index in [1.54, 1.807) is 24.3 Å². The number of halogens is 1. The van der Waals surface area contributed by atoms with E-state index >= 15 is 0 Å². The second-order valence-electron chi connectivity index (χ2n) is 3.78. The summed E-state index contributed by atoms with van der Waals surface area (Å²) >= 11 is 5.72. The average Bonchev–Trinajstić information content (AvgIpc) is 2.60. The smallest absolute Gasteiger partial charge is 0.229 e. The van der Waals surface area contributed by atoms with Crippen LogP contribution in [0.15, 0.2) is 24.3 Å². The van der Waals surface area contributed by atoms with Gasteiger partial charge in [-0.3, -0.25) is 0 Å². The number of rotatable bonds is 3. The van der Waals surface area contributed by atoms with Crippen molar-refractivity contribution < 1.29 is 24.8 Å². The lowest BCUT2D eigenvalue weighted by Gasteiger charge is -2.16. The zero-order valence-corrected chi connectivity index (χ0v) is 9.62. The molecule has 0 unspecified atom stereocenters. The number of hydrogen-bond acceptors (Lipinski definition) is 5. The normalized spacial score (nSPS) is 32.7. The molecule has 0 spiro atoms. The van der Waals surface area contributed by atoms with Crippen LogP contribution in [0.5, 0.6) is 5.75 Å².